The standard InChI is InChI=1S/C34H23NO/c1-2-8-24(9-3-1)26-14-17-28(18-15-26)35(29-19-16-25-10-4-5-11-27(25)22-29)30-20-21-34-32(23-30)31-12-6-7-13-33(31)36-34/h1-23H. The van der Waals surface area contributed by atoms with Crippen LogP contribution in [0, 0.1) is 0 Å². The van der Waals surface area contributed by atoms with Crippen LogP contribution in [0.4, 0.5) is 17.1 Å². The van der Waals surface area contributed by atoms with E-state index in [1.807, 2.05) is 12.1 Å². The summed E-state index contributed by atoms with van der Waals surface area (Å²) in [5, 5.41) is 4.70. The number of anilines is 3. The maximum Gasteiger partial charge on any atom is 0.135 e. The average molecular weight is 462 g/mol. The van der Waals surface area contributed by atoms with Gasteiger partial charge in [0, 0.05) is 27.8 Å². The van der Waals surface area contributed by atoms with Crippen LogP contribution in [-0.2, 0) is 0 Å². The lowest BCUT2D eigenvalue weighted by atomic mass is 10.0. The monoisotopic (exact) mass is 461 g/mol. The molecular formula is C34H23NO. The van der Waals surface area contributed by atoms with Gasteiger partial charge in [-0.1, -0.05) is 91.0 Å². The van der Waals surface area contributed by atoms with Crippen LogP contribution in [-0.4, -0.2) is 0 Å². The zero-order valence-corrected chi connectivity index (χ0v) is 19.6. The topological polar surface area (TPSA) is 16.4 Å². The Morgan fingerprint density at radius 2 is 1.00 bits per heavy atom. The maximum atomic E-state index is 6.10. The zero-order chi connectivity index (χ0) is 23.9. The second kappa shape index (κ2) is 8.44. The third-order valence-electron chi connectivity index (χ3n) is 6.84. The molecule has 7 rings (SSSR count). The molecular weight excluding hydrogens is 438 g/mol. The highest BCUT2D eigenvalue weighted by atomic mass is 16.3. The third kappa shape index (κ3) is 3.52. The predicted octanol–water partition coefficient (Wildman–Crippen LogP) is 9.88. The number of fused-ring (bicyclic) bond motifs is 4. The lowest BCUT2D eigenvalue weighted by molar-refractivity contribution is 0.669. The van der Waals surface area contributed by atoms with Gasteiger partial charge in [0.15, 0.2) is 0 Å². The largest absolute Gasteiger partial charge is 0.456 e. The fourth-order valence-corrected chi connectivity index (χ4v) is 5.05. The minimum absolute atomic E-state index is 0.901. The first kappa shape index (κ1) is 20.5. The molecule has 1 aromatic heterocycles. The van der Waals surface area contributed by atoms with Crippen LogP contribution >= 0.6 is 0 Å². The predicted molar refractivity (Wildman–Crippen MR) is 151 cm³/mol. The molecule has 0 saturated heterocycles. The van der Waals surface area contributed by atoms with Crippen LogP contribution in [0.5, 0.6) is 0 Å². The summed E-state index contributed by atoms with van der Waals surface area (Å²) in [4.78, 5) is 2.32. The summed E-state index contributed by atoms with van der Waals surface area (Å²) in [7, 11) is 0. The van der Waals surface area contributed by atoms with Gasteiger partial charge in [0.1, 0.15) is 11.2 Å². The quantitative estimate of drug-likeness (QED) is 0.259. The van der Waals surface area contributed by atoms with Crippen molar-refractivity contribution in [1.29, 1.82) is 0 Å². The molecule has 0 aliphatic carbocycles. The lowest BCUT2D eigenvalue weighted by Crippen LogP contribution is -2.09. The molecule has 7 aromatic rings. The Balaban J connectivity index is 1.41. The van der Waals surface area contributed by atoms with Gasteiger partial charge in [0.25, 0.3) is 0 Å². The first-order chi connectivity index (χ1) is 17.8. The van der Waals surface area contributed by atoms with Crippen LogP contribution in [0.15, 0.2) is 144 Å². The molecule has 2 nitrogen and oxygen atoms in total. The highest BCUT2D eigenvalue weighted by molar-refractivity contribution is 6.06. The molecule has 0 atom stereocenters. The lowest BCUT2D eigenvalue weighted by Gasteiger charge is -2.26. The van der Waals surface area contributed by atoms with Crippen molar-refractivity contribution in [2.45, 2.75) is 0 Å². The van der Waals surface area contributed by atoms with Crippen LogP contribution < -0.4 is 4.90 Å². The van der Waals surface area contributed by atoms with E-state index in [0.29, 0.717) is 0 Å². The molecule has 36 heavy (non-hydrogen) atoms. The van der Waals surface area contributed by atoms with E-state index in [4.69, 9.17) is 4.42 Å². The van der Waals surface area contributed by atoms with E-state index in [-0.39, 0.29) is 0 Å². The van der Waals surface area contributed by atoms with E-state index < -0.39 is 0 Å². The molecule has 0 bridgehead atoms. The smallest absolute Gasteiger partial charge is 0.135 e. The molecule has 170 valence electrons. The van der Waals surface area contributed by atoms with Gasteiger partial charge < -0.3 is 9.32 Å². The van der Waals surface area contributed by atoms with Crippen molar-refractivity contribution in [3.8, 4) is 11.1 Å². The summed E-state index contributed by atoms with van der Waals surface area (Å²) in [6.45, 7) is 0. The number of hydrogen-bond donors (Lipinski definition) is 0. The van der Waals surface area contributed by atoms with Crippen LogP contribution in [0.2, 0.25) is 0 Å². The first-order valence-electron chi connectivity index (χ1n) is 12.2. The Bertz CT molecular complexity index is 1830. The van der Waals surface area contributed by atoms with Gasteiger partial charge >= 0.3 is 0 Å². The van der Waals surface area contributed by atoms with Crippen molar-refractivity contribution in [3.63, 3.8) is 0 Å². The SMILES string of the molecule is c1ccc(-c2ccc(N(c3ccc4ccccc4c3)c3ccc4oc5ccccc5c4c3)cc2)cc1. The second-order valence-electron chi connectivity index (χ2n) is 9.06. The summed E-state index contributed by atoms with van der Waals surface area (Å²) < 4.78 is 6.10. The van der Waals surface area contributed by atoms with Crippen molar-refractivity contribution in [1.82, 2.24) is 0 Å². The first-order valence-corrected chi connectivity index (χ1v) is 12.2. The van der Waals surface area contributed by atoms with Gasteiger partial charge in [-0.2, -0.15) is 0 Å². The molecule has 6 aromatic carbocycles. The number of para-hydroxylation sites is 1. The molecule has 0 aliphatic rings. The van der Waals surface area contributed by atoms with E-state index in [9.17, 15) is 0 Å². The molecule has 0 N–H and O–H groups in total. The number of furan rings is 1. The van der Waals surface area contributed by atoms with Gasteiger partial charge in [0.05, 0.1) is 0 Å². The summed E-state index contributed by atoms with van der Waals surface area (Å²) in [5.74, 6) is 0. The third-order valence-corrected chi connectivity index (χ3v) is 6.84. The molecule has 0 radical (unpaired) electrons. The molecule has 0 amide bonds. The Morgan fingerprint density at radius 3 is 1.86 bits per heavy atom. The van der Waals surface area contributed by atoms with E-state index >= 15 is 0 Å². The minimum atomic E-state index is 0.901. The van der Waals surface area contributed by atoms with Crippen molar-refractivity contribution >= 4 is 49.8 Å². The second-order valence-corrected chi connectivity index (χ2v) is 9.06. The highest BCUT2D eigenvalue weighted by Crippen LogP contribution is 2.40. The maximum absolute atomic E-state index is 6.10. The van der Waals surface area contributed by atoms with E-state index in [2.05, 4.69) is 132 Å². The summed E-state index contributed by atoms with van der Waals surface area (Å²) >= 11 is 0. The normalized spacial score (nSPS) is 11.3. The zero-order valence-electron chi connectivity index (χ0n) is 19.6. The number of rotatable bonds is 4. The van der Waals surface area contributed by atoms with E-state index in [0.717, 1.165) is 39.0 Å². The van der Waals surface area contributed by atoms with Gasteiger partial charge in [-0.05, 0) is 70.4 Å². The van der Waals surface area contributed by atoms with Gasteiger partial charge in [-0.25, -0.2) is 0 Å². The Hall–Kier alpha value is -4.82. The molecule has 0 aliphatic heterocycles. The summed E-state index contributed by atoms with van der Waals surface area (Å²) in [6.07, 6.45) is 0. The Morgan fingerprint density at radius 1 is 0.389 bits per heavy atom. The molecule has 1 heterocycles. The van der Waals surface area contributed by atoms with Gasteiger partial charge in [-0.15, -0.1) is 0 Å². The molecule has 0 unspecified atom stereocenters. The number of hydrogen-bond acceptors (Lipinski definition) is 2. The van der Waals surface area contributed by atoms with Gasteiger partial charge in [-0.3, -0.25) is 0 Å². The summed E-state index contributed by atoms with van der Waals surface area (Å²) in [5.41, 5.74) is 7.55. The average Bonchev–Trinajstić information content (AvgIpc) is 3.32. The van der Waals surface area contributed by atoms with Crippen LogP contribution in [0.1, 0.15) is 0 Å². The fourth-order valence-electron chi connectivity index (χ4n) is 5.05. The highest BCUT2D eigenvalue weighted by Gasteiger charge is 2.16. The minimum Gasteiger partial charge on any atom is -0.456 e. The summed E-state index contributed by atoms with van der Waals surface area (Å²) in [6, 6.07) is 49.2. The van der Waals surface area contributed by atoms with Crippen molar-refractivity contribution < 1.29 is 4.42 Å². The van der Waals surface area contributed by atoms with Crippen molar-refractivity contribution in [2.24, 2.45) is 0 Å². The Kier molecular flexibility index (Phi) is 4.82. The molecule has 0 saturated carbocycles. The number of nitrogens with zero attached hydrogens (tertiary/aromatic N) is 1. The van der Waals surface area contributed by atoms with Gasteiger partial charge in [0.2, 0.25) is 0 Å². The number of benzene rings is 6. The fraction of sp³-hybridized carbons (Fsp3) is 0. The Labute approximate surface area is 209 Å². The van der Waals surface area contributed by atoms with E-state index in [1.54, 1.807) is 0 Å². The molecule has 0 spiro atoms. The van der Waals surface area contributed by atoms with Crippen molar-refractivity contribution in [3.05, 3.63) is 140 Å². The van der Waals surface area contributed by atoms with E-state index in [1.165, 1.54) is 21.9 Å². The molecule has 0 fully saturated rings. The van der Waals surface area contributed by atoms with Crippen LogP contribution in [0.25, 0.3) is 43.8 Å². The van der Waals surface area contributed by atoms with Crippen LogP contribution in [0.3, 0.4) is 0 Å². The molecule has 2 heteroatoms. The van der Waals surface area contributed by atoms with Crippen molar-refractivity contribution in [2.75, 3.05) is 4.90 Å².